The zero-order chi connectivity index (χ0) is 24.7. The first-order valence-electron chi connectivity index (χ1n) is 12.0. The minimum absolute atomic E-state index is 0.0782. The van der Waals surface area contributed by atoms with Crippen molar-refractivity contribution in [2.75, 3.05) is 20.7 Å². The van der Waals surface area contributed by atoms with Crippen LogP contribution in [0.5, 0.6) is 5.75 Å². The number of nitrogens with one attached hydrogen (secondary N) is 1. The van der Waals surface area contributed by atoms with E-state index in [2.05, 4.69) is 37.1 Å². The number of rotatable bonds is 9. The maximum absolute atomic E-state index is 12.9. The predicted molar refractivity (Wildman–Crippen MR) is 134 cm³/mol. The molecule has 0 saturated carbocycles. The molecular formula is C28H37N3O3. The van der Waals surface area contributed by atoms with E-state index in [4.69, 9.17) is 4.74 Å². The van der Waals surface area contributed by atoms with Gasteiger partial charge in [0.05, 0.1) is 7.11 Å². The van der Waals surface area contributed by atoms with E-state index in [1.807, 2.05) is 19.2 Å². The first-order chi connectivity index (χ1) is 16.3. The van der Waals surface area contributed by atoms with E-state index in [1.54, 1.807) is 48.7 Å². The van der Waals surface area contributed by atoms with Crippen molar-refractivity contribution in [2.24, 2.45) is 23.7 Å². The summed E-state index contributed by atoms with van der Waals surface area (Å²) in [7, 11) is 3.47. The highest BCUT2D eigenvalue weighted by molar-refractivity contribution is 5.94. The van der Waals surface area contributed by atoms with E-state index < -0.39 is 0 Å². The van der Waals surface area contributed by atoms with Crippen molar-refractivity contribution < 1.29 is 14.3 Å². The van der Waals surface area contributed by atoms with Crippen LogP contribution in [0.15, 0.2) is 60.4 Å². The van der Waals surface area contributed by atoms with Gasteiger partial charge in [0.1, 0.15) is 5.75 Å². The minimum Gasteiger partial charge on any atom is -0.497 e. The highest BCUT2D eigenvalue weighted by atomic mass is 16.5. The molecule has 1 N–H and O–H groups in total. The number of ether oxygens (including phenoxy) is 1. The van der Waals surface area contributed by atoms with E-state index >= 15 is 0 Å². The van der Waals surface area contributed by atoms with Gasteiger partial charge in [0.15, 0.2) is 0 Å². The molecule has 6 nitrogen and oxygen atoms in total. The molecule has 1 aromatic heterocycles. The summed E-state index contributed by atoms with van der Waals surface area (Å²) in [6.07, 6.45) is 7.28. The van der Waals surface area contributed by atoms with Crippen molar-refractivity contribution in [1.82, 2.24) is 15.2 Å². The quantitative estimate of drug-likeness (QED) is 0.546. The fourth-order valence-corrected chi connectivity index (χ4v) is 4.78. The topological polar surface area (TPSA) is 71.5 Å². The SMILES string of the molecule is COc1ccc(C(=O)NC[C@@H]2C=C(C)[C@H](CC(=O)N(C)Cc3cccnc3)C[C@H]2C(C)C)cc1. The lowest BCUT2D eigenvalue weighted by Gasteiger charge is -2.37. The van der Waals surface area contributed by atoms with Crippen molar-refractivity contribution >= 4 is 11.8 Å². The molecule has 6 heteroatoms. The van der Waals surface area contributed by atoms with E-state index in [9.17, 15) is 9.59 Å². The summed E-state index contributed by atoms with van der Waals surface area (Å²) in [5.74, 6) is 2.14. The van der Waals surface area contributed by atoms with E-state index in [1.165, 1.54) is 5.57 Å². The fourth-order valence-electron chi connectivity index (χ4n) is 4.78. The van der Waals surface area contributed by atoms with Crippen molar-refractivity contribution in [3.63, 3.8) is 0 Å². The number of benzene rings is 1. The third-order valence-corrected chi connectivity index (χ3v) is 6.92. The second kappa shape index (κ2) is 11.8. The molecule has 0 bridgehead atoms. The normalized spacial score (nSPS) is 19.9. The molecule has 0 saturated heterocycles. The Morgan fingerprint density at radius 2 is 1.94 bits per heavy atom. The molecule has 3 rings (SSSR count). The van der Waals surface area contributed by atoms with Crippen molar-refractivity contribution in [3.05, 3.63) is 71.6 Å². The lowest BCUT2D eigenvalue weighted by Crippen LogP contribution is -2.38. The van der Waals surface area contributed by atoms with Gasteiger partial charge in [0.25, 0.3) is 5.91 Å². The van der Waals surface area contributed by atoms with E-state index in [0.717, 1.165) is 17.7 Å². The van der Waals surface area contributed by atoms with Crippen molar-refractivity contribution in [2.45, 2.75) is 40.2 Å². The maximum Gasteiger partial charge on any atom is 0.251 e. The Labute approximate surface area is 203 Å². The largest absolute Gasteiger partial charge is 0.497 e. The van der Waals surface area contributed by atoms with Gasteiger partial charge in [-0.15, -0.1) is 0 Å². The number of hydrogen-bond donors (Lipinski definition) is 1. The number of amides is 2. The molecule has 0 fully saturated rings. The van der Waals surface area contributed by atoms with E-state index in [-0.39, 0.29) is 23.7 Å². The smallest absolute Gasteiger partial charge is 0.251 e. The van der Waals surface area contributed by atoms with Gasteiger partial charge in [-0.25, -0.2) is 0 Å². The van der Waals surface area contributed by atoms with Gasteiger partial charge < -0.3 is 15.0 Å². The molecule has 1 aromatic carbocycles. The number of pyridine rings is 1. The molecule has 0 aliphatic heterocycles. The number of nitrogens with zero attached hydrogens (tertiary/aromatic N) is 2. The minimum atomic E-state index is -0.0782. The van der Waals surface area contributed by atoms with Crippen LogP contribution in [0, 0.1) is 23.7 Å². The first kappa shape index (κ1) is 25.5. The summed E-state index contributed by atoms with van der Waals surface area (Å²) in [5.41, 5.74) is 2.89. The van der Waals surface area contributed by atoms with Crippen LogP contribution in [0.1, 0.15) is 49.5 Å². The van der Waals surface area contributed by atoms with Crippen LogP contribution in [0.4, 0.5) is 0 Å². The average Bonchev–Trinajstić information content (AvgIpc) is 2.84. The highest BCUT2D eigenvalue weighted by Crippen LogP contribution is 2.39. The number of carbonyl (C=O) groups excluding carboxylic acids is 2. The van der Waals surface area contributed by atoms with Crippen LogP contribution < -0.4 is 10.1 Å². The average molecular weight is 464 g/mol. The Balaban J connectivity index is 1.61. The summed E-state index contributed by atoms with van der Waals surface area (Å²) in [6, 6.07) is 11.0. The molecule has 1 heterocycles. The number of methoxy groups -OCH3 is 1. The first-order valence-corrected chi connectivity index (χ1v) is 12.0. The predicted octanol–water partition coefficient (Wildman–Crippen LogP) is 4.72. The second-order valence-corrected chi connectivity index (χ2v) is 9.67. The lowest BCUT2D eigenvalue weighted by molar-refractivity contribution is -0.131. The monoisotopic (exact) mass is 463 g/mol. The summed E-state index contributed by atoms with van der Waals surface area (Å²) in [6.45, 7) is 7.73. The van der Waals surface area contributed by atoms with Gasteiger partial charge in [0.2, 0.25) is 5.91 Å². The molecule has 2 amide bonds. The van der Waals surface area contributed by atoms with Gasteiger partial charge in [0, 0.05) is 44.5 Å². The summed E-state index contributed by atoms with van der Waals surface area (Å²) < 4.78 is 5.17. The summed E-state index contributed by atoms with van der Waals surface area (Å²) in [4.78, 5) is 31.5. The molecule has 3 atom stereocenters. The Bertz CT molecular complexity index is 986. The van der Waals surface area contributed by atoms with Crippen LogP contribution in [0.2, 0.25) is 0 Å². The molecule has 1 aliphatic rings. The highest BCUT2D eigenvalue weighted by Gasteiger charge is 2.33. The molecule has 2 aromatic rings. The fraction of sp³-hybridized carbons (Fsp3) is 0.464. The van der Waals surface area contributed by atoms with Crippen LogP contribution in [0.25, 0.3) is 0 Å². The van der Waals surface area contributed by atoms with Gasteiger partial charge in [-0.3, -0.25) is 14.6 Å². The molecule has 1 aliphatic carbocycles. The molecule has 182 valence electrons. The molecular weight excluding hydrogens is 426 g/mol. The van der Waals surface area contributed by atoms with Crippen LogP contribution in [0.3, 0.4) is 0 Å². The second-order valence-electron chi connectivity index (χ2n) is 9.67. The van der Waals surface area contributed by atoms with Crippen molar-refractivity contribution in [3.8, 4) is 5.75 Å². The third kappa shape index (κ3) is 6.69. The third-order valence-electron chi connectivity index (χ3n) is 6.92. The number of hydrogen-bond acceptors (Lipinski definition) is 4. The van der Waals surface area contributed by atoms with Crippen molar-refractivity contribution in [1.29, 1.82) is 0 Å². The zero-order valence-electron chi connectivity index (χ0n) is 21.0. The Hall–Kier alpha value is -3.15. The Kier molecular flexibility index (Phi) is 8.85. The van der Waals surface area contributed by atoms with Gasteiger partial charge in [-0.2, -0.15) is 0 Å². The van der Waals surface area contributed by atoms with Crippen LogP contribution in [-0.2, 0) is 11.3 Å². The molecule has 0 spiro atoms. The van der Waals surface area contributed by atoms with Gasteiger partial charge >= 0.3 is 0 Å². The van der Waals surface area contributed by atoms with Gasteiger partial charge in [-0.1, -0.05) is 31.6 Å². The number of carbonyl (C=O) groups is 2. The number of allylic oxidation sites excluding steroid dienone is 1. The summed E-state index contributed by atoms with van der Waals surface area (Å²) in [5, 5.41) is 3.11. The molecule has 34 heavy (non-hydrogen) atoms. The maximum atomic E-state index is 12.9. The van der Waals surface area contributed by atoms with Crippen LogP contribution >= 0.6 is 0 Å². The van der Waals surface area contributed by atoms with Crippen LogP contribution in [-0.4, -0.2) is 42.4 Å². The number of aromatic nitrogens is 1. The Morgan fingerprint density at radius 1 is 1.21 bits per heavy atom. The zero-order valence-corrected chi connectivity index (χ0v) is 21.0. The molecule has 0 unspecified atom stereocenters. The summed E-state index contributed by atoms with van der Waals surface area (Å²) >= 11 is 0. The van der Waals surface area contributed by atoms with Gasteiger partial charge in [-0.05, 0) is 72.9 Å². The van der Waals surface area contributed by atoms with E-state index in [0.29, 0.717) is 36.9 Å². The standard InChI is InChI=1S/C28H37N3O3/c1-19(2)26-14-23(15-27(32)31(4)18-21-7-6-12-29-16-21)20(3)13-24(26)17-30-28(33)22-8-10-25(34-5)11-9-22/h6-13,16,19,23-24,26H,14-15,17-18H2,1-5H3,(H,30,33)/t23-,24-,26-/m0/s1. The molecule has 0 radical (unpaired) electrons. The Morgan fingerprint density at radius 3 is 2.56 bits per heavy atom. The lowest BCUT2D eigenvalue weighted by atomic mass is 9.69.